The molecule has 0 radical (unpaired) electrons. The number of halogens is 3. The molecular weight excluding hydrogens is 447 g/mol. The Morgan fingerprint density at radius 3 is 2.47 bits per heavy atom. The first-order chi connectivity index (χ1) is 13.7. The topological polar surface area (TPSA) is 91.1 Å². The van der Waals surface area contributed by atoms with Crippen LogP contribution in [0.2, 0.25) is 5.02 Å². The smallest absolute Gasteiger partial charge is 0.227 e. The van der Waals surface area contributed by atoms with Crippen LogP contribution in [0.5, 0.6) is 0 Å². The molecule has 1 unspecified atom stereocenters. The third-order valence-electron chi connectivity index (χ3n) is 5.25. The molecule has 1 fully saturated rings. The zero-order valence-electron chi connectivity index (χ0n) is 16.3. The molecule has 0 spiro atoms. The number of aromatic amines is 1. The van der Waals surface area contributed by atoms with E-state index in [-0.39, 0.29) is 36.6 Å². The number of nitrogens with two attached hydrogens (primary N) is 1. The van der Waals surface area contributed by atoms with Gasteiger partial charge < -0.3 is 20.5 Å². The molecule has 0 saturated carbocycles. The third-order valence-corrected chi connectivity index (χ3v) is 5.50. The number of hydrogen-bond acceptors (Lipinski definition) is 5. The minimum Gasteiger partial charge on any atom is -0.352 e. The van der Waals surface area contributed by atoms with Crippen molar-refractivity contribution in [3.8, 4) is 0 Å². The molecule has 1 saturated heterocycles. The Kier molecular flexibility index (Phi) is 8.73. The Hall–Kier alpha value is -2.06. The zero-order valence-corrected chi connectivity index (χ0v) is 18.7. The van der Waals surface area contributed by atoms with Gasteiger partial charge in [-0.2, -0.15) is 0 Å². The van der Waals surface area contributed by atoms with Crippen LogP contribution in [-0.4, -0.2) is 58.5 Å². The highest BCUT2D eigenvalue weighted by molar-refractivity contribution is 6.30. The molecule has 1 amide bonds. The molecule has 1 atom stereocenters. The molecule has 30 heavy (non-hydrogen) atoms. The maximum Gasteiger partial charge on any atom is 0.227 e. The molecule has 162 valence electrons. The number of fused-ring (bicyclic) bond motifs is 1. The molecular formula is C20H25Cl3N6O. The van der Waals surface area contributed by atoms with Crippen LogP contribution >= 0.6 is 36.4 Å². The van der Waals surface area contributed by atoms with Crippen molar-refractivity contribution in [1.82, 2.24) is 19.9 Å². The van der Waals surface area contributed by atoms with Gasteiger partial charge in [0.2, 0.25) is 5.91 Å². The number of nitrogens with zero attached hydrogens (tertiary/aromatic N) is 4. The van der Waals surface area contributed by atoms with Gasteiger partial charge >= 0.3 is 0 Å². The number of nitrogens with one attached hydrogen (secondary N) is 1. The molecule has 0 bridgehead atoms. The number of H-pyrrole nitrogens is 1. The quantitative estimate of drug-likeness (QED) is 0.597. The van der Waals surface area contributed by atoms with Gasteiger partial charge in [-0.15, -0.1) is 24.8 Å². The fraction of sp³-hybridized carbons (Fsp3) is 0.350. The summed E-state index contributed by atoms with van der Waals surface area (Å²) in [6, 6.07) is 9.58. The lowest BCUT2D eigenvalue weighted by atomic mass is 9.97. The number of hydrogen-bond donors (Lipinski definition) is 2. The van der Waals surface area contributed by atoms with Gasteiger partial charge in [-0.3, -0.25) is 4.79 Å². The van der Waals surface area contributed by atoms with E-state index < -0.39 is 0 Å². The van der Waals surface area contributed by atoms with Crippen LogP contribution in [-0.2, 0) is 11.2 Å². The average molecular weight is 472 g/mol. The predicted octanol–water partition coefficient (Wildman–Crippen LogP) is 2.92. The number of rotatable bonds is 5. The van der Waals surface area contributed by atoms with Crippen LogP contribution in [0.25, 0.3) is 11.0 Å². The third kappa shape index (κ3) is 5.16. The lowest BCUT2D eigenvalue weighted by molar-refractivity contribution is -0.135. The second kappa shape index (κ2) is 10.8. The van der Waals surface area contributed by atoms with Gasteiger partial charge in [-0.25, -0.2) is 9.97 Å². The second-order valence-corrected chi connectivity index (χ2v) is 7.45. The van der Waals surface area contributed by atoms with Crippen molar-refractivity contribution in [3.63, 3.8) is 0 Å². The lowest BCUT2D eigenvalue weighted by Crippen LogP contribution is -2.51. The van der Waals surface area contributed by atoms with Crippen molar-refractivity contribution in [2.24, 2.45) is 11.7 Å². The minimum atomic E-state index is -0.219. The largest absolute Gasteiger partial charge is 0.352 e. The number of anilines is 1. The first-order valence-electron chi connectivity index (χ1n) is 9.42. The summed E-state index contributed by atoms with van der Waals surface area (Å²) in [5, 5.41) is 1.70. The molecule has 3 N–H and O–H groups in total. The molecule has 1 aliphatic rings. The molecule has 2 aromatic heterocycles. The van der Waals surface area contributed by atoms with E-state index in [2.05, 4.69) is 19.9 Å². The van der Waals surface area contributed by atoms with Crippen LogP contribution in [0.15, 0.2) is 42.9 Å². The summed E-state index contributed by atoms with van der Waals surface area (Å²) in [5.41, 5.74) is 7.82. The van der Waals surface area contributed by atoms with Crippen LogP contribution in [0.1, 0.15) is 5.56 Å². The number of carbonyl (C=O) groups is 1. The Bertz CT molecular complexity index is 957. The highest BCUT2D eigenvalue weighted by Gasteiger charge is 2.28. The summed E-state index contributed by atoms with van der Waals surface area (Å²) in [4.78, 5) is 28.9. The molecule has 7 nitrogen and oxygen atoms in total. The fourth-order valence-electron chi connectivity index (χ4n) is 3.68. The van der Waals surface area contributed by atoms with Gasteiger partial charge in [0.1, 0.15) is 17.8 Å². The Balaban J connectivity index is 0.00000160. The average Bonchev–Trinajstić information content (AvgIpc) is 3.22. The number of carbonyl (C=O) groups excluding carboxylic acids is 1. The second-order valence-electron chi connectivity index (χ2n) is 7.01. The predicted molar refractivity (Wildman–Crippen MR) is 125 cm³/mol. The van der Waals surface area contributed by atoms with Crippen LogP contribution < -0.4 is 10.6 Å². The van der Waals surface area contributed by atoms with E-state index in [4.69, 9.17) is 17.3 Å². The SMILES string of the molecule is Cl.Cl.NCC(Cc1ccc(Cl)cc1)C(=O)N1CCN(c2ncnc3[nH]ccc23)CC1. The van der Waals surface area contributed by atoms with Gasteiger partial charge in [-0.05, 0) is 30.2 Å². The van der Waals surface area contributed by atoms with Gasteiger partial charge in [-0.1, -0.05) is 23.7 Å². The summed E-state index contributed by atoms with van der Waals surface area (Å²) in [7, 11) is 0. The monoisotopic (exact) mass is 470 g/mol. The van der Waals surface area contributed by atoms with E-state index in [1.54, 1.807) is 6.33 Å². The van der Waals surface area contributed by atoms with Gasteiger partial charge in [0.05, 0.1) is 11.3 Å². The molecule has 3 aromatic rings. The molecule has 10 heteroatoms. The molecule has 1 aromatic carbocycles. The van der Waals surface area contributed by atoms with Crippen LogP contribution in [0.3, 0.4) is 0 Å². The first-order valence-corrected chi connectivity index (χ1v) is 9.80. The van der Waals surface area contributed by atoms with Gasteiger partial charge in [0.25, 0.3) is 0 Å². The van der Waals surface area contributed by atoms with E-state index in [1.165, 1.54) is 0 Å². The van der Waals surface area contributed by atoms with E-state index >= 15 is 0 Å². The summed E-state index contributed by atoms with van der Waals surface area (Å²) in [6.45, 7) is 3.12. The maximum atomic E-state index is 13.0. The van der Waals surface area contributed by atoms with Crippen molar-refractivity contribution in [3.05, 3.63) is 53.4 Å². The highest BCUT2D eigenvalue weighted by Crippen LogP contribution is 2.23. The van der Waals surface area contributed by atoms with E-state index in [9.17, 15) is 4.79 Å². The van der Waals surface area contributed by atoms with Crippen molar-refractivity contribution in [2.75, 3.05) is 37.6 Å². The van der Waals surface area contributed by atoms with Gasteiger partial charge in [0, 0.05) is 43.9 Å². The summed E-state index contributed by atoms with van der Waals surface area (Å²) < 4.78 is 0. The number of amides is 1. The highest BCUT2D eigenvalue weighted by atomic mass is 35.5. The zero-order chi connectivity index (χ0) is 19.5. The van der Waals surface area contributed by atoms with Crippen molar-refractivity contribution in [2.45, 2.75) is 6.42 Å². The number of benzene rings is 1. The van der Waals surface area contributed by atoms with Crippen LogP contribution in [0, 0.1) is 5.92 Å². The van der Waals surface area contributed by atoms with Crippen molar-refractivity contribution in [1.29, 1.82) is 0 Å². The van der Waals surface area contributed by atoms with E-state index in [0.29, 0.717) is 31.1 Å². The van der Waals surface area contributed by atoms with Crippen LogP contribution in [0.4, 0.5) is 5.82 Å². The van der Waals surface area contributed by atoms with Crippen molar-refractivity contribution >= 4 is 59.2 Å². The van der Waals surface area contributed by atoms with E-state index in [0.717, 1.165) is 35.5 Å². The van der Waals surface area contributed by atoms with E-state index in [1.807, 2.05) is 41.4 Å². The standard InChI is InChI=1S/C20H23ClN6O.2ClH/c21-16-3-1-14(2-4-16)11-15(12-22)20(28)27-9-7-26(8-10-27)19-17-5-6-23-18(17)24-13-25-19;;/h1-6,13,15H,7-12,22H2,(H,23,24,25);2*1H. The first kappa shape index (κ1) is 24.2. The Labute approximate surface area is 192 Å². The molecule has 3 heterocycles. The number of aromatic nitrogens is 3. The summed E-state index contributed by atoms with van der Waals surface area (Å²) in [5.74, 6) is 0.810. The minimum absolute atomic E-state index is 0. The summed E-state index contributed by atoms with van der Waals surface area (Å²) in [6.07, 6.45) is 4.07. The fourth-order valence-corrected chi connectivity index (χ4v) is 3.81. The Morgan fingerprint density at radius 2 is 1.80 bits per heavy atom. The number of piperazine rings is 1. The normalized spacial score (nSPS) is 14.7. The molecule has 0 aliphatic carbocycles. The molecule has 1 aliphatic heterocycles. The van der Waals surface area contributed by atoms with Crippen molar-refractivity contribution < 1.29 is 4.79 Å². The molecule has 4 rings (SSSR count). The van der Waals surface area contributed by atoms with Gasteiger partial charge in [0.15, 0.2) is 0 Å². The Morgan fingerprint density at radius 1 is 1.10 bits per heavy atom. The maximum absolute atomic E-state index is 13.0. The summed E-state index contributed by atoms with van der Waals surface area (Å²) >= 11 is 5.94. The lowest BCUT2D eigenvalue weighted by Gasteiger charge is -2.37.